The maximum Gasteiger partial charge on any atom is 0.0460 e. The normalized spacial score (nSPS) is 12.4. The predicted octanol–water partition coefficient (Wildman–Crippen LogP) is 6.54. The van der Waals surface area contributed by atoms with Gasteiger partial charge in [0.05, 0.1) is 0 Å². The molecule has 2 aromatic rings. The van der Waals surface area contributed by atoms with Crippen molar-refractivity contribution in [3.05, 3.63) is 67.6 Å². The zero-order chi connectivity index (χ0) is 13.1. The summed E-state index contributed by atoms with van der Waals surface area (Å²) in [6.45, 7) is 0. The van der Waals surface area contributed by atoms with Crippen molar-refractivity contribution in [1.29, 1.82) is 0 Å². The molecule has 0 aromatic heterocycles. The zero-order valence-electron chi connectivity index (χ0n) is 9.34. The van der Waals surface area contributed by atoms with E-state index in [1.807, 2.05) is 30.3 Å². The maximum atomic E-state index is 6.25. The molecule has 0 aliphatic rings. The van der Waals surface area contributed by atoms with Crippen molar-refractivity contribution in [2.24, 2.45) is 0 Å². The Bertz CT molecular complexity index is 554. The molecule has 2 rings (SSSR count). The number of benzene rings is 2. The largest absolute Gasteiger partial charge is 0.0840 e. The molecule has 18 heavy (non-hydrogen) atoms. The molecule has 0 aliphatic heterocycles. The van der Waals surface area contributed by atoms with Gasteiger partial charge in [0.2, 0.25) is 0 Å². The lowest BCUT2D eigenvalue weighted by Crippen LogP contribution is -1.96. The van der Waals surface area contributed by atoms with Crippen LogP contribution < -0.4 is 0 Å². The highest BCUT2D eigenvalue weighted by Crippen LogP contribution is 2.34. The first kappa shape index (κ1) is 14.6. The Labute approximate surface area is 137 Å². The lowest BCUT2D eigenvalue weighted by molar-refractivity contribution is 0.948. The minimum Gasteiger partial charge on any atom is -0.0840 e. The number of hydrogen-bond acceptors (Lipinski definition) is 0. The van der Waals surface area contributed by atoms with Crippen LogP contribution in [0, 0.1) is 0 Å². The minimum absolute atomic E-state index is 0.215. The van der Waals surface area contributed by atoms with Crippen molar-refractivity contribution < 1.29 is 0 Å². The van der Waals surface area contributed by atoms with E-state index >= 15 is 0 Å². The van der Waals surface area contributed by atoms with E-state index in [1.54, 1.807) is 0 Å². The second-order valence-electron chi connectivity index (χ2n) is 3.97. The van der Waals surface area contributed by atoms with Crippen LogP contribution in [0.15, 0.2) is 51.4 Å². The zero-order valence-corrected chi connectivity index (χ0v) is 14.9. The molecule has 0 bridgehead atoms. The molecule has 0 saturated carbocycles. The molecule has 0 amide bonds. The van der Waals surface area contributed by atoms with Gasteiger partial charge in [0.1, 0.15) is 0 Å². The van der Waals surface area contributed by atoms with Gasteiger partial charge in [-0.05, 0) is 41.8 Å². The second kappa shape index (κ2) is 6.56. The fourth-order valence-electron chi connectivity index (χ4n) is 1.74. The van der Waals surface area contributed by atoms with E-state index in [2.05, 4.69) is 59.9 Å². The van der Waals surface area contributed by atoms with Gasteiger partial charge >= 0.3 is 0 Å². The first-order valence-corrected chi connectivity index (χ1v) is 8.27. The summed E-state index contributed by atoms with van der Waals surface area (Å²) in [5.41, 5.74) is 2.38. The van der Waals surface area contributed by atoms with Crippen LogP contribution in [0.3, 0.4) is 0 Å². The monoisotopic (exact) mass is 450 g/mol. The highest BCUT2D eigenvalue weighted by molar-refractivity contribution is 9.10. The van der Waals surface area contributed by atoms with E-state index in [0.29, 0.717) is 0 Å². The smallest absolute Gasteiger partial charge is 0.0460 e. The van der Waals surface area contributed by atoms with E-state index in [0.717, 1.165) is 26.0 Å². The standard InChI is InChI=1S/C14H10Br3Cl/c15-10-3-1-2-9(6-10)7-13(17)12-5-4-11(16)8-14(12)18/h1-6,8,13H,7H2. The average molecular weight is 453 g/mol. The summed E-state index contributed by atoms with van der Waals surface area (Å²) in [4.78, 5) is 0.215. The third-order valence-corrected chi connectivity index (χ3v) is 4.73. The van der Waals surface area contributed by atoms with Gasteiger partial charge in [-0.2, -0.15) is 0 Å². The summed E-state index contributed by atoms with van der Waals surface area (Å²) >= 11 is 16.9. The van der Waals surface area contributed by atoms with E-state index < -0.39 is 0 Å². The van der Waals surface area contributed by atoms with Gasteiger partial charge in [-0.1, -0.05) is 77.6 Å². The Morgan fingerprint density at radius 2 is 1.72 bits per heavy atom. The summed E-state index contributed by atoms with van der Waals surface area (Å²) < 4.78 is 2.10. The molecule has 0 spiro atoms. The molecule has 0 aliphatic carbocycles. The Hall–Kier alpha value is 0.170. The molecular formula is C14H10Br3Cl. The SMILES string of the molecule is Clc1cc(Br)ccc1C(Br)Cc1cccc(Br)c1. The van der Waals surface area contributed by atoms with Crippen molar-refractivity contribution in [3.8, 4) is 0 Å². The Balaban J connectivity index is 2.19. The Kier molecular flexibility index (Phi) is 5.31. The minimum atomic E-state index is 0.215. The van der Waals surface area contributed by atoms with Crippen LogP contribution in [-0.2, 0) is 6.42 Å². The predicted molar refractivity (Wildman–Crippen MR) is 88.7 cm³/mol. The fraction of sp³-hybridized carbons (Fsp3) is 0.143. The van der Waals surface area contributed by atoms with Crippen LogP contribution >= 0.6 is 59.4 Å². The van der Waals surface area contributed by atoms with Crippen molar-refractivity contribution in [2.45, 2.75) is 11.2 Å². The number of hydrogen-bond donors (Lipinski definition) is 0. The quantitative estimate of drug-likeness (QED) is 0.463. The van der Waals surface area contributed by atoms with Crippen LogP contribution in [0.4, 0.5) is 0 Å². The molecule has 1 unspecified atom stereocenters. The molecular weight excluding hydrogens is 443 g/mol. The number of rotatable bonds is 3. The van der Waals surface area contributed by atoms with Gasteiger partial charge in [0, 0.05) is 18.8 Å². The third-order valence-electron chi connectivity index (χ3n) is 2.60. The second-order valence-corrected chi connectivity index (χ2v) is 7.31. The van der Waals surface area contributed by atoms with Crippen molar-refractivity contribution >= 4 is 59.4 Å². The molecule has 0 heterocycles. The van der Waals surface area contributed by atoms with E-state index in [4.69, 9.17) is 11.6 Å². The van der Waals surface area contributed by atoms with Crippen molar-refractivity contribution in [3.63, 3.8) is 0 Å². The third kappa shape index (κ3) is 3.83. The lowest BCUT2D eigenvalue weighted by Gasteiger charge is -2.12. The molecule has 0 nitrogen and oxygen atoms in total. The molecule has 0 saturated heterocycles. The molecule has 2 aromatic carbocycles. The summed E-state index contributed by atoms with van der Waals surface area (Å²) in [6.07, 6.45) is 0.904. The molecule has 0 fully saturated rings. The van der Waals surface area contributed by atoms with Crippen LogP contribution in [-0.4, -0.2) is 0 Å². The van der Waals surface area contributed by atoms with E-state index in [9.17, 15) is 0 Å². The van der Waals surface area contributed by atoms with Gasteiger partial charge < -0.3 is 0 Å². The summed E-state index contributed by atoms with van der Waals surface area (Å²) in [6, 6.07) is 14.3. The highest BCUT2D eigenvalue weighted by atomic mass is 79.9. The van der Waals surface area contributed by atoms with Gasteiger partial charge in [0.15, 0.2) is 0 Å². The summed E-state index contributed by atoms with van der Waals surface area (Å²) in [5.74, 6) is 0. The van der Waals surface area contributed by atoms with Crippen LogP contribution in [0.25, 0.3) is 0 Å². The Morgan fingerprint density at radius 1 is 1.00 bits per heavy atom. The fourth-order valence-corrected chi connectivity index (χ4v) is 3.89. The average Bonchev–Trinajstić information content (AvgIpc) is 2.28. The Morgan fingerprint density at radius 3 is 2.39 bits per heavy atom. The molecule has 4 heteroatoms. The topological polar surface area (TPSA) is 0 Å². The highest BCUT2D eigenvalue weighted by Gasteiger charge is 2.12. The summed E-state index contributed by atoms with van der Waals surface area (Å²) in [7, 11) is 0. The first-order chi connectivity index (χ1) is 8.56. The van der Waals surface area contributed by atoms with Gasteiger partial charge in [-0.3, -0.25) is 0 Å². The van der Waals surface area contributed by atoms with Crippen LogP contribution in [0.1, 0.15) is 16.0 Å². The van der Waals surface area contributed by atoms with Crippen molar-refractivity contribution in [1.82, 2.24) is 0 Å². The maximum absolute atomic E-state index is 6.25. The number of alkyl halides is 1. The molecule has 0 N–H and O–H groups in total. The van der Waals surface area contributed by atoms with Crippen LogP contribution in [0.2, 0.25) is 5.02 Å². The lowest BCUT2D eigenvalue weighted by atomic mass is 10.0. The molecule has 0 radical (unpaired) electrons. The van der Waals surface area contributed by atoms with Crippen molar-refractivity contribution in [2.75, 3.05) is 0 Å². The van der Waals surface area contributed by atoms with E-state index in [-0.39, 0.29) is 4.83 Å². The number of halogens is 4. The molecule has 1 atom stereocenters. The van der Waals surface area contributed by atoms with Gasteiger partial charge in [-0.25, -0.2) is 0 Å². The molecule has 94 valence electrons. The van der Waals surface area contributed by atoms with Crippen LogP contribution in [0.5, 0.6) is 0 Å². The van der Waals surface area contributed by atoms with Gasteiger partial charge in [0.25, 0.3) is 0 Å². The van der Waals surface area contributed by atoms with E-state index in [1.165, 1.54) is 5.56 Å². The summed E-state index contributed by atoms with van der Waals surface area (Å²) in [5, 5.41) is 0.779. The van der Waals surface area contributed by atoms with Gasteiger partial charge in [-0.15, -0.1) is 0 Å². The first-order valence-electron chi connectivity index (χ1n) is 5.40.